The number of nitrogens with zero attached hydrogens (tertiary/aromatic N) is 1. The molecule has 0 atom stereocenters. The van der Waals surface area contributed by atoms with Crippen LogP contribution in [0.5, 0.6) is 5.75 Å². The Kier molecular flexibility index (Phi) is 4.06. The Bertz CT molecular complexity index is 1220. The summed E-state index contributed by atoms with van der Waals surface area (Å²) in [6.45, 7) is 5.10. The standard InChI is InChI=1S/C25H23NO2/c1-15-3-4-18-14-16(2)19(8-11-27)24(21(18)13-15)20-5-6-22-23-17(9-12-28-22)7-10-26-25(20)23/h3-7,10,13-14,27H,8-9,11-12H2,1-2H3. The van der Waals surface area contributed by atoms with Crippen LogP contribution < -0.4 is 4.74 Å². The summed E-state index contributed by atoms with van der Waals surface area (Å²) in [5.74, 6) is 0.921. The number of fused-ring (bicyclic) bond motifs is 1. The van der Waals surface area contributed by atoms with Crippen LogP contribution in [-0.2, 0) is 12.8 Å². The molecule has 0 aliphatic carbocycles. The summed E-state index contributed by atoms with van der Waals surface area (Å²) in [6.07, 6.45) is 3.45. The Morgan fingerprint density at radius 3 is 2.82 bits per heavy atom. The van der Waals surface area contributed by atoms with Gasteiger partial charge in [-0.3, -0.25) is 4.98 Å². The quantitative estimate of drug-likeness (QED) is 0.544. The van der Waals surface area contributed by atoms with Crippen LogP contribution in [0, 0.1) is 13.8 Å². The Morgan fingerprint density at radius 1 is 1.07 bits per heavy atom. The highest BCUT2D eigenvalue weighted by atomic mass is 16.5. The maximum absolute atomic E-state index is 9.76. The van der Waals surface area contributed by atoms with Gasteiger partial charge in [-0.05, 0) is 71.5 Å². The number of pyridine rings is 1. The van der Waals surface area contributed by atoms with Crippen LogP contribution in [0.2, 0.25) is 0 Å². The zero-order valence-corrected chi connectivity index (χ0v) is 16.2. The molecule has 1 N–H and O–H groups in total. The molecule has 0 saturated heterocycles. The first-order chi connectivity index (χ1) is 13.7. The molecule has 1 aromatic heterocycles. The number of aryl methyl sites for hydroxylation is 2. The van der Waals surface area contributed by atoms with Crippen molar-refractivity contribution in [1.82, 2.24) is 4.98 Å². The van der Waals surface area contributed by atoms with Gasteiger partial charge in [0.05, 0.1) is 12.1 Å². The van der Waals surface area contributed by atoms with E-state index in [0.717, 1.165) is 28.6 Å². The van der Waals surface area contributed by atoms with E-state index in [4.69, 9.17) is 9.72 Å². The van der Waals surface area contributed by atoms with Gasteiger partial charge in [0.25, 0.3) is 0 Å². The Morgan fingerprint density at radius 2 is 1.96 bits per heavy atom. The van der Waals surface area contributed by atoms with Crippen molar-refractivity contribution >= 4 is 21.7 Å². The molecule has 2 heterocycles. The fourth-order valence-corrected chi connectivity index (χ4v) is 4.54. The number of benzene rings is 3. The van der Waals surface area contributed by atoms with Crippen LogP contribution in [0.3, 0.4) is 0 Å². The van der Waals surface area contributed by atoms with Gasteiger partial charge in [-0.25, -0.2) is 0 Å². The molecular weight excluding hydrogens is 346 g/mol. The van der Waals surface area contributed by atoms with Gasteiger partial charge < -0.3 is 9.84 Å². The van der Waals surface area contributed by atoms with Crippen molar-refractivity contribution in [3.8, 4) is 16.9 Å². The van der Waals surface area contributed by atoms with E-state index in [0.29, 0.717) is 13.0 Å². The number of hydrogen-bond acceptors (Lipinski definition) is 3. The van der Waals surface area contributed by atoms with Crippen LogP contribution in [0.4, 0.5) is 0 Å². The van der Waals surface area contributed by atoms with Gasteiger partial charge >= 0.3 is 0 Å². The molecule has 0 bridgehead atoms. The first-order valence-corrected chi connectivity index (χ1v) is 9.85. The zero-order chi connectivity index (χ0) is 19.3. The third kappa shape index (κ3) is 2.58. The third-order valence-corrected chi connectivity index (χ3v) is 5.83. The topological polar surface area (TPSA) is 42.4 Å². The second-order valence-corrected chi connectivity index (χ2v) is 7.65. The lowest BCUT2D eigenvalue weighted by Crippen LogP contribution is -2.09. The lowest BCUT2D eigenvalue weighted by molar-refractivity contribution is 0.299. The van der Waals surface area contributed by atoms with Gasteiger partial charge in [0.2, 0.25) is 0 Å². The fourth-order valence-electron chi connectivity index (χ4n) is 4.54. The average molecular weight is 369 g/mol. The van der Waals surface area contributed by atoms with Crippen LogP contribution in [0.15, 0.2) is 48.7 Å². The first-order valence-electron chi connectivity index (χ1n) is 9.85. The fraction of sp³-hybridized carbons (Fsp3) is 0.240. The van der Waals surface area contributed by atoms with Crippen molar-refractivity contribution in [1.29, 1.82) is 0 Å². The zero-order valence-electron chi connectivity index (χ0n) is 16.2. The molecule has 28 heavy (non-hydrogen) atoms. The highest BCUT2D eigenvalue weighted by Gasteiger charge is 2.21. The predicted molar refractivity (Wildman–Crippen MR) is 114 cm³/mol. The molecule has 140 valence electrons. The summed E-state index contributed by atoms with van der Waals surface area (Å²) in [6, 6.07) is 15.1. The number of aromatic nitrogens is 1. The molecule has 0 saturated carbocycles. The number of aliphatic hydroxyl groups is 1. The monoisotopic (exact) mass is 369 g/mol. The molecule has 0 fully saturated rings. The molecule has 0 spiro atoms. The Balaban J connectivity index is 1.93. The average Bonchev–Trinajstić information content (AvgIpc) is 2.70. The van der Waals surface area contributed by atoms with Crippen molar-refractivity contribution in [2.24, 2.45) is 0 Å². The van der Waals surface area contributed by atoms with Crippen LogP contribution in [-0.4, -0.2) is 23.3 Å². The molecule has 5 rings (SSSR count). The minimum atomic E-state index is 0.128. The van der Waals surface area contributed by atoms with Gasteiger partial charge in [0, 0.05) is 30.2 Å². The highest BCUT2D eigenvalue weighted by molar-refractivity contribution is 6.08. The lowest BCUT2D eigenvalue weighted by Gasteiger charge is -2.22. The lowest BCUT2D eigenvalue weighted by atomic mass is 9.86. The minimum Gasteiger partial charge on any atom is -0.493 e. The van der Waals surface area contributed by atoms with Crippen LogP contribution in [0.25, 0.3) is 32.8 Å². The molecule has 3 heteroatoms. The molecule has 0 amide bonds. The smallest absolute Gasteiger partial charge is 0.129 e. The van der Waals surface area contributed by atoms with E-state index in [2.05, 4.69) is 56.3 Å². The summed E-state index contributed by atoms with van der Waals surface area (Å²) >= 11 is 0. The summed E-state index contributed by atoms with van der Waals surface area (Å²) < 4.78 is 5.91. The van der Waals surface area contributed by atoms with E-state index < -0.39 is 0 Å². The van der Waals surface area contributed by atoms with Crippen molar-refractivity contribution in [3.05, 3.63) is 70.9 Å². The van der Waals surface area contributed by atoms with Gasteiger partial charge in [-0.15, -0.1) is 0 Å². The maximum Gasteiger partial charge on any atom is 0.129 e. The Hall–Kier alpha value is -2.91. The van der Waals surface area contributed by atoms with Crippen LogP contribution >= 0.6 is 0 Å². The van der Waals surface area contributed by atoms with Gasteiger partial charge in [0.15, 0.2) is 0 Å². The first kappa shape index (κ1) is 17.2. The molecule has 3 nitrogen and oxygen atoms in total. The molecule has 4 aromatic rings. The summed E-state index contributed by atoms with van der Waals surface area (Å²) in [7, 11) is 0. The molecular formula is C25H23NO2. The van der Waals surface area contributed by atoms with Gasteiger partial charge in [-0.1, -0.05) is 29.8 Å². The number of ether oxygens (including phenoxy) is 1. The van der Waals surface area contributed by atoms with E-state index in [1.807, 2.05) is 6.20 Å². The predicted octanol–water partition coefficient (Wildman–Crippen LogP) is 5.14. The van der Waals surface area contributed by atoms with Gasteiger partial charge in [0.1, 0.15) is 5.75 Å². The highest BCUT2D eigenvalue weighted by Crippen LogP contribution is 2.42. The van der Waals surface area contributed by atoms with E-state index >= 15 is 0 Å². The summed E-state index contributed by atoms with van der Waals surface area (Å²) in [5.41, 5.74) is 8.22. The van der Waals surface area contributed by atoms with Crippen molar-refractivity contribution in [2.45, 2.75) is 26.7 Å². The second-order valence-electron chi connectivity index (χ2n) is 7.65. The van der Waals surface area contributed by atoms with E-state index in [-0.39, 0.29) is 6.61 Å². The summed E-state index contributed by atoms with van der Waals surface area (Å²) in [5, 5.41) is 13.3. The molecule has 1 aliphatic rings. The van der Waals surface area contributed by atoms with Crippen molar-refractivity contribution in [3.63, 3.8) is 0 Å². The number of rotatable bonds is 3. The normalized spacial score (nSPS) is 13.1. The number of hydrogen-bond donors (Lipinski definition) is 1. The Labute approximate surface area is 164 Å². The van der Waals surface area contributed by atoms with Crippen molar-refractivity contribution < 1.29 is 9.84 Å². The molecule has 1 aliphatic heterocycles. The largest absolute Gasteiger partial charge is 0.493 e. The van der Waals surface area contributed by atoms with Gasteiger partial charge in [-0.2, -0.15) is 0 Å². The molecule has 3 aromatic carbocycles. The SMILES string of the molecule is Cc1ccc2cc(C)c(CCO)c(-c3ccc4c5c(ccnc35)CCO4)c2c1. The number of aliphatic hydroxyl groups excluding tert-OH is 1. The van der Waals surface area contributed by atoms with Crippen LogP contribution in [0.1, 0.15) is 22.3 Å². The van der Waals surface area contributed by atoms with E-state index in [1.165, 1.54) is 38.6 Å². The minimum absolute atomic E-state index is 0.128. The molecule has 0 unspecified atom stereocenters. The third-order valence-electron chi connectivity index (χ3n) is 5.83. The van der Waals surface area contributed by atoms with Crippen molar-refractivity contribution in [2.75, 3.05) is 13.2 Å². The second kappa shape index (κ2) is 6.61. The molecule has 0 radical (unpaired) electrons. The van der Waals surface area contributed by atoms with E-state index in [1.54, 1.807) is 0 Å². The summed E-state index contributed by atoms with van der Waals surface area (Å²) in [4.78, 5) is 4.78. The van der Waals surface area contributed by atoms with E-state index in [9.17, 15) is 5.11 Å². The maximum atomic E-state index is 9.76.